The van der Waals surface area contributed by atoms with Gasteiger partial charge in [0.25, 0.3) is 0 Å². The van der Waals surface area contributed by atoms with Crippen molar-refractivity contribution in [2.75, 3.05) is 11.1 Å². The van der Waals surface area contributed by atoms with Crippen LogP contribution >= 0.6 is 22.7 Å². The Balaban J connectivity index is 1.78. The first kappa shape index (κ1) is 15.8. The highest BCUT2D eigenvalue weighted by atomic mass is 32.1. The van der Waals surface area contributed by atoms with Crippen molar-refractivity contribution in [2.45, 2.75) is 13.1 Å². The van der Waals surface area contributed by atoms with Gasteiger partial charge in [0.2, 0.25) is 0 Å². The fourth-order valence-corrected chi connectivity index (χ4v) is 3.55. The molecule has 0 aliphatic carbocycles. The fourth-order valence-electron chi connectivity index (χ4n) is 1.96. The van der Waals surface area contributed by atoms with E-state index in [2.05, 4.69) is 15.3 Å². The van der Waals surface area contributed by atoms with Crippen LogP contribution in [-0.2, 0) is 6.18 Å². The number of halogens is 3. The number of nitrogens with two attached hydrogens (primary N) is 1. The van der Waals surface area contributed by atoms with Gasteiger partial charge in [0.15, 0.2) is 10.3 Å². The molecule has 2 heterocycles. The molecule has 3 aromatic rings. The number of hydrogen-bond acceptors (Lipinski definition) is 6. The summed E-state index contributed by atoms with van der Waals surface area (Å²) in [5, 5.41) is 5.91. The molecule has 4 nitrogen and oxygen atoms in total. The molecule has 2 aromatic heterocycles. The van der Waals surface area contributed by atoms with Crippen LogP contribution in [0, 0.1) is 6.92 Å². The van der Waals surface area contributed by atoms with Gasteiger partial charge in [0.1, 0.15) is 0 Å². The molecule has 0 unspecified atom stereocenters. The highest BCUT2D eigenvalue weighted by Crippen LogP contribution is 2.34. The molecule has 0 aliphatic rings. The number of aryl methyl sites for hydroxylation is 1. The summed E-state index contributed by atoms with van der Waals surface area (Å²) in [5.41, 5.74) is 7.08. The van der Waals surface area contributed by atoms with Crippen molar-refractivity contribution in [3.8, 4) is 10.6 Å². The van der Waals surface area contributed by atoms with Crippen molar-refractivity contribution in [1.29, 1.82) is 0 Å². The van der Waals surface area contributed by atoms with Gasteiger partial charge < -0.3 is 11.1 Å². The zero-order chi connectivity index (χ0) is 16.6. The maximum Gasteiger partial charge on any atom is 0.416 e. The lowest BCUT2D eigenvalue weighted by Crippen LogP contribution is -2.04. The second-order valence-electron chi connectivity index (χ2n) is 4.70. The summed E-state index contributed by atoms with van der Waals surface area (Å²) in [6, 6.07) is 4.81. The van der Waals surface area contributed by atoms with Gasteiger partial charge in [-0.3, -0.25) is 0 Å². The van der Waals surface area contributed by atoms with Crippen LogP contribution in [0.5, 0.6) is 0 Å². The summed E-state index contributed by atoms with van der Waals surface area (Å²) < 4.78 is 37.6. The van der Waals surface area contributed by atoms with Gasteiger partial charge in [-0.05, 0) is 31.2 Å². The summed E-state index contributed by atoms with van der Waals surface area (Å²) >= 11 is 2.71. The molecular formula is C14H11F3N4S2. The highest BCUT2D eigenvalue weighted by molar-refractivity contribution is 7.19. The average Bonchev–Trinajstić information content (AvgIpc) is 3.05. The highest BCUT2D eigenvalue weighted by Gasteiger charge is 2.29. The standard InChI is InChI=1S/C14H11F3N4S2/c1-7-11(23-12(18)19-7)10-6-22-13(21-10)20-9-4-2-8(3-5-9)14(15,16)17/h2-6H,1H3,(H2,18,19)(H,20,21). The lowest BCUT2D eigenvalue weighted by atomic mass is 10.2. The van der Waals surface area contributed by atoms with Crippen LogP contribution in [0.25, 0.3) is 10.6 Å². The predicted octanol–water partition coefficient (Wildman–Crippen LogP) is 4.92. The van der Waals surface area contributed by atoms with E-state index in [-0.39, 0.29) is 0 Å². The Morgan fingerprint density at radius 1 is 1.13 bits per heavy atom. The van der Waals surface area contributed by atoms with Crippen LogP contribution < -0.4 is 11.1 Å². The lowest BCUT2D eigenvalue weighted by Gasteiger charge is -2.07. The SMILES string of the molecule is Cc1nc(N)sc1-c1csc(Nc2ccc(C(F)(F)F)cc2)n1. The predicted molar refractivity (Wildman–Crippen MR) is 87.1 cm³/mol. The monoisotopic (exact) mass is 356 g/mol. The summed E-state index contributed by atoms with van der Waals surface area (Å²) in [7, 11) is 0. The minimum Gasteiger partial charge on any atom is -0.375 e. The number of nitrogens with zero attached hydrogens (tertiary/aromatic N) is 2. The maximum atomic E-state index is 12.5. The lowest BCUT2D eigenvalue weighted by molar-refractivity contribution is -0.137. The second kappa shape index (κ2) is 5.82. The largest absolute Gasteiger partial charge is 0.416 e. The van der Waals surface area contributed by atoms with E-state index in [9.17, 15) is 13.2 Å². The van der Waals surface area contributed by atoms with E-state index >= 15 is 0 Å². The first-order valence-electron chi connectivity index (χ1n) is 6.46. The van der Waals surface area contributed by atoms with Crippen molar-refractivity contribution in [1.82, 2.24) is 9.97 Å². The van der Waals surface area contributed by atoms with Crippen LogP contribution in [0.1, 0.15) is 11.3 Å². The van der Waals surface area contributed by atoms with Gasteiger partial charge in [-0.15, -0.1) is 11.3 Å². The van der Waals surface area contributed by atoms with E-state index < -0.39 is 11.7 Å². The number of nitrogens with one attached hydrogen (secondary N) is 1. The minimum absolute atomic E-state index is 0.475. The van der Waals surface area contributed by atoms with E-state index in [4.69, 9.17) is 5.73 Å². The van der Waals surface area contributed by atoms with Crippen LogP contribution in [0.2, 0.25) is 0 Å². The van der Waals surface area contributed by atoms with Crippen molar-refractivity contribution >= 4 is 38.6 Å². The molecule has 3 rings (SSSR count). The number of benzene rings is 1. The zero-order valence-corrected chi connectivity index (χ0v) is 13.4. The number of thiazole rings is 2. The molecule has 1 aromatic carbocycles. The van der Waals surface area contributed by atoms with Gasteiger partial charge >= 0.3 is 6.18 Å². The Morgan fingerprint density at radius 2 is 1.83 bits per heavy atom. The normalized spacial score (nSPS) is 11.7. The molecule has 0 spiro atoms. The number of hydrogen-bond donors (Lipinski definition) is 2. The van der Waals surface area contributed by atoms with Crippen molar-refractivity contribution in [3.63, 3.8) is 0 Å². The Kier molecular flexibility index (Phi) is 3.99. The number of alkyl halides is 3. The van der Waals surface area contributed by atoms with Gasteiger partial charge in [0.05, 0.1) is 21.8 Å². The smallest absolute Gasteiger partial charge is 0.375 e. The van der Waals surface area contributed by atoms with E-state index in [1.165, 1.54) is 34.8 Å². The average molecular weight is 356 g/mol. The van der Waals surface area contributed by atoms with Gasteiger partial charge in [-0.2, -0.15) is 13.2 Å². The number of aromatic nitrogens is 2. The second-order valence-corrected chi connectivity index (χ2v) is 6.59. The molecule has 3 N–H and O–H groups in total. The Labute approximate surface area is 137 Å². The molecule has 120 valence electrons. The summed E-state index contributed by atoms with van der Waals surface area (Å²) in [6.07, 6.45) is -4.34. The number of anilines is 3. The van der Waals surface area contributed by atoms with Crippen LogP contribution in [0.4, 0.5) is 29.1 Å². The van der Waals surface area contributed by atoms with Crippen molar-refractivity contribution in [3.05, 3.63) is 40.9 Å². The quantitative estimate of drug-likeness (QED) is 0.699. The maximum absolute atomic E-state index is 12.5. The molecular weight excluding hydrogens is 345 g/mol. The molecule has 0 saturated heterocycles. The third-order valence-electron chi connectivity index (χ3n) is 3.01. The Bertz CT molecular complexity index is 821. The fraction of sp³-hybridized carbons (Fsp3) is 0.143. The number of nitrogen functional groups attached to an aromatic ring is 1. The molecule has 9 heteroatoms. The van der Waals surface area contributed by atoms with Gasteiger partial charge in [-0.1, -0.05) is 11.3 Å². The molecule has 0 bridgehead atoms. The molecule has 0 amide bonds. The topological polar surface area (TPSA) is 63.8 Å². The molecule has 0 aliphatic heterocycles. The number of rotatable bonds is 3. The summed E-state index contributed by atoms with van der Waals surface area (Å²) in [5.74, 6) is 0. The van der Waals surface area contributed by atoms with Crippen molar-refractivity contribution in [2.24, 2.45) is 0 Å². The zero-order valence-electron chi connectivity index (χ0n) is 11.8. The van der Waals surface area contributed by atoms with Gasteiger partial charge in [0, 0.05) is 11.1 Å². The minimum atomic E-state index is -4.34. The molecule has 0 fully saturated rings. The van der Waals surface area contributed by atoms with Crippen molar-refractivity contribution < 1.29 is 13.2 Å². The van der Waals surface area contributed by atoms with E-state index in [1.807, 2.05) is 12.3 Å². The Morgan fingerprint density at radius 3 is 2.39 bits per heavy atom. The van der Waals surface area contributed by atoms with Crippen LogP contribution in [-0.4, -0.2) is 9.97 Å². The van der Waals surface area contributed by atoms with Gasteiger partial charge in [-0.25, -0.2) is 9.97 Å². The van der Waals surface area contributed by atoms with Crippen LogP contribution in [0.3, 0.4) is 0 Å². The molecule has 0 radical (unpaired) electrons. The third kappa shape index (κ3) is 3.45. The van der Waals surface area contributed by atoms with E-state index in [0.29, 0.717) is 16.0 Å². The first-order chi connectivity index (χ1) is 10.8. The Hall–Kier alpha value is -2.13. The third-order valence-corrected chi connectivity index (χ3v) is 4.78. The molecule has 23 heavy (non-hydrogen) atoms. The molecule has 0 saturated carbocycles. The molecule has 0 atom stereocenters. The summed E-state index contributed by atoms with van der Waals surface area (Å²) in [4.78, 5) is 9.46. The van der Waals surface area contributed by atoms with E-state index in [0.717, 1.165) is 28.4 Å². The van der Waals surface area contributed by atoms with E-state index in [1.54, 1.807) is 0 Å². The summed E-state index contributed by atoms with van der Waals surface area (Å²) in [6.45, 7) is 1.85. The van der Waals surface area contributed by atoms with Crippen LogP contribution in [0.15, 0.2) is 29.6 Å². The first-order valence-corrected chi connectivity index (χ1v) is 8.15.